The molecule has 1 aromatic rings. The van der Waals surface area contributed by atoms with Gasteiger partial charge < -0.3 is 15.8 Å². The van der Waals surface area contributed by atoms with Crippen molar-refractivity contribution in [3.63, 3.8) is 0 Å². The summed E-state index contributed by atoms with van der Waals surface area (Å²) in [5.74, 6) is 0.663. The van der Waals surface area contributed by atoms with Gasteiger partial charge in [0.05, 0.1) is 19.3 Å². The third-order valence-corrected chi connectivity index (χ3v) is 3.38. The monoisotopic (exact) mass is 299 g/mol. The maximum Gasteiger partial charge on any atom is 0.238 e. The Bertz CT molecular complexity index is 434. The molecule has 1 saturated heterocycles. The summed E-state index contributed by atoms with van der Waals surface area (Å²) < 4.78 is 5.21. The number of para-hydroxylation sites is 2. The van der Waals surface area contributed by atoms with Gasteiger partial charge in [-0.1, -0.05) is 12.1 Å². The van der Waals surface area contributed by atoms with Crippen molar-refractivity contribution in [1.82, 2.24) is 4.90 Å². The summed E-state index contributed by atoms with van der Waals surface area (Å²) in [7, 11) is 1.59. The molecular formula is C14H22ClN3O2. The van der Waals surface area contributed by atoms with Gasteiger partial charge in [0.1, 0.15) is 5.75 Å². The van der Waals surface area contributed by atoms with Crippen molar-refractivity contribution in [3.8, 4) is 5.75 Å². The van der Waals surface area contributed by atoms with Gasteiger partial charge in [-0.05, 0) is 25.0 Å². The molecule has 6 heteroatoms. The number of ether oxygens (including phenoxy) is 1. The number of hydrogen-bond donors (Lipinski definition) is 2. The normalized spacial score (nSPS) is 16.3. The number of amides is 1. The fraction of sp³-hybridized carbons (Fsp3) is 0.500. The molecule has 0 aromatic heterocycles. The molecular weight excluding hydrogens is 278 g/mol. The van der Waals surface area contributed by atoms with Crippen molar-refractivity contribution in [1.29, 1.82) is 0 Å². The predicted molar refractivity (Wildman–Crippen MR) is 82.5 cm³/mol. The Balaban J connectivity index is 0.00000200. The molecule has 3 N–H and O–H groups in total. The number of anilines is 1. The number of benzene rings is 1. The number of rotatable bonds is 4. The van der Waals surface area contributed by atoms with Gasteiger partial charge >= 0.3 is 0 Å². The van der Waals surface area contributed by atoms with E-state index in [-0.39, 0.29) is 24.4 Å². The molecule has 0 saturated carbocycles. The van der Waals surface area contributed by atoms with Crippen LogP contribution in [0.25, 0.3) is 0 Å². The molecule has 0 unspecified atom stereocenters. The summed E-state index contributed by atoms with van der Waals surface area (Å²) in [6, 6.07) is 7.70. The summed E-state index contributed by atoms with van der Waals surface area (Å²) in [4.78, 5) is 14.1. The number of methoxy groups -OCH3 is 1. The summed E-state index contributed by atoms with van der Waals surface area (Å²) in [6.07, 6.45) is 1.92. The Morgan fingerprint density at radius 3 is 2.70 bits per heavy atom. The molecule has 5 nitrogen and oxygen atoms in total. The molecule has 112 valence electrons. The Kier molecular flexibility index (Phi) is 6.78. The highest BCUT2D eigenvalue weighted by Crippen LogP contribution is 2.22. The molecule has 20 heavy (non-hydrogen) atoms. The SMILES string of the molecule is COc1ccccc1NC(=O)CN1CCC(N)CC1.Cl. The molecule has 2 rings (SSSR count). The van der Waals surface area contributed by atoms with Crippen molar-refractivity contribution in [3.05, 3.63) is 24.3 Å². The van der Waals surface area contributed by atoms with Gasteiger partial charge in [0.2, 0.25) is 5.91 Å². The van der Waals surface area contributed by atoms with E-state index >= 15 is 0 Å². The average molecular weight is 300 g/mol. The third kappa shape index (κ3) is 4.67. The van der Waals surface area contributed by atoms with Crippen LogP contribution in [0.15, 0.2) is 24.3 Å². The number of likely N-dealkylation sites (tertiary alicyclic amines) is 1. The van der Waals surface area contributed by atoms with E-state index in [4.69, 9.17) is 10.5 Å². The molecule has 0 aliphatic carbocycles. The van der Waals surface area contributed by atoms with Crippen LogP contribution in [-0.4, -0.2) is 43.6 Å². The summed E-state index contributed by atoms with van der Waals surface area (Å²) in [5.41, 5.74) is 6.56. The minimum atomic E-state index is -0.0139. The van der Waals surface area contributed by atoms with Crippen molar-refractivity contribution < 1.29 is 9.53 Å². The number of carbonyl (C=O) groups excluding carboxylic acids is 1. The van der Waals surface area contributed by atoms with E-state index in [1.54, 1.807) is 7.11 Å². The highest BCUT2D eigenvalue weighted by atomic mass is 35.5. The zero-order valence-electron chi connectivity index (χ0n) is 11.7. The second-order valence-electron chi connectivity index (χ2n) is 4.86. The van der Waals surface area contributed by atoms with Crippen LogP contribution in [0.5, 0.6) is 5.75 Å². The molecule has 1 fully saturated rings. The molecule has 1 heterocycles. The van der Waals surface area contributed by atoms with E-state index in [9.17, 15) is 4.79 Å². The molecule has 0 bridgehead atoms. The molecule has 1 amide bonds. The van der Waals surface area contributed by atoms with Gasteiger partial charge in [0.15, 0.2) is 0 Å². The quantitative estimate of drug-likeness (QED) is 0.884. The lowest BCUT2D eigenvalue weighted by molar-refractivity contribution is -0.117. The number of carbonyl (C=O) groups is 1. The van der Waals surface area contributed by atoms with Crippen molar-refractivity contribution in [2.75, 3.05) is 32.1 Å². The van der Waals surface area contributed by atoms with Crippen LogP contribution in [0.1, 0.15) is 12.8 Å². The van der Waals surface area contributed by atoms with Gasteiger partial charge in [0.25, 0.3) is 0 Å². The minimum absolute atomic E-state index is 0. The zero-order chi connectivity index (χ0) is 13.7. The fourth-order valence-electron chi connectivity index (χ4n) is 2.25. The largest absolute Gasteiger partial charge is 0.495 e. The molecule has 1 aromatic carbocycles. The van der Waals surface area contributed by atoms with Gasteiger partial charge in [-0.25, -0.2) is 0 Å². The summed E-state index contributed by atoms with van der Waals surface area (Å²) in [6.45, 7) is 2.19. The number of piperidine rings is 1. The summed E-state index contributed by atoms with van der Waals surface area (Å²) >= 11 is 0. The first-order valence-corrected chi connectivity index (χ1v) is 6.60. The van der Waals surface area contributed by atoms with E-state index in [1.165, 1.54) is 0 Å². The predicted octanol–water partition coefficient (Wildman–Crippen LogP) is 1.48. The van der Waals surface area contributed by atoms with E-state index in [0.29, 0.717) is 18.0 Å². The molecule has 0 spiro atoms. The first kappa shape index (κ1) is 16.8. The Morgan fingerprint density at radius 1 is 1.40 bits per heavy atom. The number of nitrogens with zero attached hydrogens (tertiary/aromatic N) is 1. The minimum Gasteiger partial charge on any atom is -0.495 e. The lowest BCUT2D eigenvalue weighted by Gasteiger charge is -2.29. The van der Waals surface area contributed by atoms with E-state index in [2.05, 4.69) is 10.2 Å². The number of nitrogens with one attached hydrogen (secondary N) is 1. The first-order valence-electron chi connectivity index (χ1n) is 6.60. The Morgan fingerprint density at radius 2 is 2.05 bits per heavy atom. The van der Waals surface area contributed by atoms with Crippen LogP contribution < -0.4 is 15.8 Å². The second-order valence-corrected chi connectivity index (χ2v) is 4.86. The van der Waals surface area contributed by atoms with E-state index < -0.39 is 0 Å². The van der Waals surface area contributed by atoms with Crippen LogP contribution in [0, 0.1) is 0 Å². The fourth-order valence-corrected chi connectivity index (χ4v) is 2.25. The molecule has 0 atom stereocenters. The standard InChI is InChI=1S/C14H21N3O2.ClH/c1-19-13-5-3-2-4-12(13)16-14(18)10-17-8-6-11(15)7-9-17;/h2-5,11H,6-10,15H2,1H3,(H,16,18);1H. The Labute approximate surface area is 125 Å². The van der Waals surface area contributed by atoms with Gasteiger partial charge in [-0.15, -0.1) is 12.4 Å². The molecule has 0 radical (unpaired) electrons. The lowest BCUT2D eigenvalue weighted by atomic mass is 10.1. The third-order valence-electron chi connectivity index (χ3n) is 3.38. The van der Waals surface area contributed by atoms with E-state index in [1.807, 2.05) is 24.3 Å². The van der Waals surface area contributed by atoms with Crippen LogP contribution in [-0.2, 0) is 4.79 Å². The maximum atomic E-state index is 12.0. The van der Waals surface area contributed by atoms with Crippen molar-refractivity contribution in [2.45, 2.75) is 18.9 Å². The van der Waals surface area contributed by atoms with Gasteiger partial charge in [0, 0.05) is 19.1 Å². The number of nitrogens with two attached hydrogens (primary N) is 1. The molecule has 1 aliphatic heterocycles. The lowest BCUT2D eigenvalue weighted by Crippen LogP contribution is -2.43. The maximum absolute atomic E-state index is 12.0. The van der Waals surface area contributed by atoms with Gasteiger partial charge in [-0.3, -0.25) is 9.69 Å². The summed E-state index contributed by atoms with van der Waals surface area (Å²) in [5, 5.41) is 2.88. The Hall–Kier alpha value is -1.30. The van der Waals surface area contributed by atoms with Crippen LogP contribution in [0.3, 0.4) is 0 Å². The van der Waals surface area contributed by atoms with Crippen molar-refractivity contribution in [2.24, 2.45) is 5.73 Å². The second kappa shape index (κ2) is 8.09. The zero-order valence-corrected chi connectivity index (χ0v) is 12.5. The average Bonchev–Trinajstić information content (AvgIpc) is 2.42. The number of hydrogen-bond acceptors (Lipinski definition) is 4. The number of halogens is 1. The van der Waals surface area contributed by atoms with Crippen LogP contribution >= 0.6 is 12.4 Å². The highest BCUT2D eigenvalue weighted by Gasteiger charge is 2.18. The highest BCUT2D eigenvalue weighted by molar-refractivity contribution is 5.93. The van der Waals surface area contributed by atoms with E-state index in [0.717, 1.165) is 25.9 Å². The first-order chi connectivity index (χ1) is 9.19. The molecule has 1 aliphatic rings. The van der Waals surface area contributed by atoms with Gasteiger partial charge in [-0.2, -0.15) is 0 Å². The topological polar surface area (TPSA) is 67.6 Å². The van der Waals surface area contributed by atoms with Crippen LogP contribution in [0.4, 0.5) is 5.69 Å². The van der Waals surface area contributed by atoms with Crippen molar-refractivity contribution >= 4 is 24.0 Å². The smallest absolute Gasteiger partial charge is 0.238 e. The van der Waals surface area contributed by atoms with Crippen LogP contribution in [0.2, 0.25) is 0 Å².